The first-order chi connectivity index (χ1) is 10.5. The van der Waals surface area contributed by atoms with Gasteiger partial charge in [-0.1, -0.05) is 6.92 Å². The highest BCUT2D eigenvalue weighted by Crippen LogP contribution is 2.28. The van der Waals surface area contributed by atoms with Gasteiger partial charge in [-0.3, -0.25) is 14.9 Å². The molecule has 1 atom stereocenters. The van der Waals surface area contributed by atoms with Crippen molar-refractivity contribution in [2.75, 3.05) is 13.2 Å². The van der Waals surface area contributed by atoms with Gasteiger partial charge in [-0.15, -0.1) is 0 Å². The number of carbonyl (C=O) groups excluding carboxylic acids is 1. The van der Waals surface area contributed by atoms with Gasteiger partial charge >= 0.3 is 5.69 Å². The van der Waals surface area contributed by atoms with Crippen molar-refractivity contribution >= 4 is 11.6 Å². The molecule has 1 aliphatic rings. The lowest BCUT2D eigenvalue weighted by Gasteiger charge is -2.35. The molecule has 22 heavy (non-hydrogen) atoms. The summed E-state index contributed by atoms with van der Waals surface area (Å²) in [6.45, 7) is 2.38. The van der Waals surface area contributed by atoms with Crippen molar-refractivity contribution in [1.82, 2.24) is 4.90 Å². The molecule has 0 bridgehead atoms. The van der Waals surface area contributed by atoms with Crippen LogP contribution < -0.4 is 4.74 Å². The number of nitro groups is 1. The predicted molar refractivity (Wildman–Crippen MR) is 78.2 cm³/mol. The van der Waals surface area contributed by atoms with Crippen molar-refractivity contribution in [3.63, 3.8) is 0 Å². The first-order valence-corrected chi connectivity index (χ1v) is 7.39. The molecule has 0 spiro atoms. The minimum atomic E-state index is -0.658. The van der Waals surface area contributed by atoms with Crippen LogP contribution in [0.25, 0.3) is 0 Å². The number of rotatable bonds is 5. The fraction of sp³-hybridized carbons (Fsp3) is 0.533. The molecule has 0 aliphatic carbocycles. The van der Waals surface area contributed by atoms with E-state index in [9.17, 15) is 19.3 Å². The maximum atomic E-state index is 13.2. The molecule has 1 aliphatic heterocycles. The van der Waals surface area contributed by atoms with Crippen molar-refractivity contribution in [3.05, 3.63) is 34.1 Å². The van der Waals surface area contributed by atoms with Gasteiger partial charge < -0.3 is 9.64 Å². The summed E-state index contributed by atoms with van der Waals surface area (Å²) in [7, 11) is 0. The molecule has 0 N–H and O–H groups in total. The van der Waals surface area contributed by atoms with E-state index in [1.807, 2.05) is 6.92 Å². The van der Waals surface area contributed by atoms with Crippen molar-refractivity contribution in [1.29, 1.82) is 0 Å². The molecule has 1 amide bonds. The quantitative estimate of drug-likeness (QED) is 0.619. The average molecular weight is 310 g/mol. The number of nitro benzene ring substituents is 1. The third-order valence-corrected chi connectivity index (χ3v) is 3.89. The smallest absolute Gasteiger partial charge is 0.311 e. The zero-order chi connectivity index (χ0) is 16.1. The highest BCUT2D eigenvalue weighted by atomic mass is 19.1. The second-order valence-corrected chi connectivity index (χ2v) is 5.30. The largest absolute Gasteiger partial charge is 0.477 e. The number of benzene rings is 1. The van der Waals surface area contributed by atoms with Crippen LogP contribution in [0, 0.1) is 15.9 Å². The topological polar surface area (TPSA) is 72.7 Å². The highest BCUT2D eigenvalue weighted by molar-refractivity contribution is 5.78. The van der Waals surface area contributed by atoms with Crippen LogP contribution >= 0.6 is 0 Å². The summed E-state index contributed by atoms with van der Waals surface area (Å²) in [6, 6.07) is 3.14. The second-order valence-electron chi connectivity index (χ2n) is 5.30. The lowest BCUT2D eigenvalue weighted by Crippen LogP contribution is -2.45. The second kappa shape index (κ2) is 7.20. The third kappa shape index (κ3) is 3.72. The Balaban J connectivity index is 2.04. The van der Waals surface area contributed by atoms with Gasteiger partial charge in [0, 0.05) is 24.7 Å². The molecule has 1 aromatic carbocycles. The number of amides is 1. The fourth-order valence-electron chi connectivity index (χ4n) is 2.73. The number of nitrogens with zero attached hydrogens (tertiary/aromatic N) is 2. The van der Waals surface area contributed by atoms with Crippen LogP contribution in [-0.2, 0) is 4.79 Å². The Morgan fingerprint density at radius 2 is 2.27 bits per heavy atom. The van der Waals surface area contributed by atoms with Crippen LogP contribution in [-0.4, -0.2) is 34.9 Å². The monoisotopic (exact) mass is 310 g/mol. The Labute approximate surface area is 128 Å². The molecule has 120 valence electrons. The van der Waals surface area contributed by atoms with Crippen LogP contribution in [0.15, 0.2) is 18.2 Å². The normalized spacial score (nSPS) is 18.1. The fourth-order valence-corrected chi connectivity index (χ4v) is 2.73. The Morgan fingerprint density at radius 3 is 2.95 bits per heavy atom. The van der Waals surface area contributed by atoms with Crippen molar-refractivity contribution in [3.8, 4) is 5.75 Å². The van der Waals surface area contributed by atoms with Gasteiger partial charge in [-0.2, -0.15) is 0 Å². The number of halogens is 1. The number of ether oxygens (including phenoxy) is 1. The maximum Gasteiger partial charge on any atom is 0.311 e. The van der Waals surface area contributed by atoms with Gasteiger partial charge in [0.05, 0.1) is 4.92 Å². The number of carbonyl (C=O) groups is 1. The Morgan fingerprint density at radius 1 is 1.50 bits per heavy atom. The van der Waals surface area contributed by atoms with E-state index in [0.717, 1.165) is 43.9 Å². The molecule has 1 aromatic rings. The van der Waals surface area contributed by atoms with Crippen molar-refractivity contribution in [2.45, 2.75) is 38.6 Å². The molecule has 2 rings (SSSR count). The molecule has 0 radical (unpaired) electrons. The average Bonchev–Trinajstić information content (AvgIpc) is 2.52. The summed E-state index contributed by atoms with van der Waals surface area (Å²) in [5, 5.41) is 10.9. The number of hydrogen-bond donors (Lipinski definition) is 0. The summed E-state index contributed by atoms with van der Waals surface area (Å²) in [5.41, 5.74) is -0.347. The molecule has 1 heterocycles. The van der Waals surface area contributed by atoms with Crippen LogP contribution in [0.4, 0.5) is 10.1 Å². The van der Waals surface area contributed by atoms with E-state index < -0.39 is 10.7 Å². The minimum Gasteiger partial charge on any atom is -0.477 e. The molecular weight excluding hydrogens is 291 g/mol. The first kappa shape index (κ1) is 16.2. The molecule has 7 heteroatoms. The summed E-state index contributed by atoms with van der Waals surface area (Å²) in [6.07, 6.45) is 3.87. The van der Waals surface area contributed by atoms with Crippen molar-refractivity contribution in [2.24, 2.45) is 0 Å². The summed E-state index contributed by atoms with van der Waals surface area (Å²) in [5.74, 6) is -1.08. The number of hydrogen-bond acceptors (Lipinski definition) is 4. The Kier molecular flexibility index (Phi) is 5.30. The summed E-state index contributed by atoms with van der Waals surface area (Å²) < 4.78 is 18.4. The van der Waals surface area contributed by atoms with Crippen molar-refractivity contribution < 1.29 is 18.8 Å². The Hall–Kier alpha value is -2.18. The third-order valence-electron chi connectivity index (χ3n) is 3.89. The van der Waals surface area contributed by atoms with E-state index in [0.29, 0.717) is 6.54 Å². The van der Waals surface area contributed by atoms with E-state index in [4.69, 9.17) is 4.74 Å². The minimum absolute atomic E-state index is 0.187. The Bertz CT molecular complexity index is 564. The number of likely N-dealkylation sites (tertiary alicyclic amines) is 1. The lowest BCUT2D eigenvalue weighted by atomic mass is 10.00. The van der Waals surface area contributed by atoms with E-state index >= 15 is 0 Å². The van der Waals surface area contributed by atoms with E-state index in [2.05, 4.69) is 0 Å². The van der Waals surface area contributed by atoms with E-state index in [-0.39, 0.29) is 30.0 Å². The predicted octanol–water partition coefficient (Wildman–Crippen LogP) is 2.90. The van der Waals surface area contributed by atoms with Crippen LogP contribution in [0.1, 0.15) is 32.6 Å². The zero-order valence-electron chi connectivity index (χ0n) is 12.5. The standard InChI is InChI=1S/C15H19FN2O4/c1-2-12-5-3-4-8-17(12)15(19)10-22-14-9-11(16)6-7-13(14)18(20)21/h6-7,9,12H,2-5,8,10H2,1H3. The summed E-state index contributed by atoms with van der Waals surface area (Å²) >= 11 is 0. The lowest BCUT2D eigenvalue weighted by molar-refractivity contribution is -0.385. The molecule has 1 fully saturated rings. The molecule has 1 saturated heterocycles. The first-order valence-electron chi connectivity index (χ1n) is 7.39. The molecule has 0 aromatic heterocycles. The molecule has 6 nitrogen and oxygen atoms in total. The molecular formula is C15H19FN2O4. The van der Waals surface area contributed by atoms with Gasteiger partial charge in [0.2, 0.25) is 5.75 Å². The van der Waals surface area contributed by atoms with Crippen LogP contribution in [0.3, 0.4) is 0 Å². The van der Waals surface area contributed by atoms with E-state index in [1.165, 1.54) is 0 Å². The highest BCUT2D eigenvalue weighted by Gasteiger charge is 2.26. The SMILES string of the molecule is CCC1CCCCN1C(=O)COc1cc(F)ccc1[N+](=O)[O-]. The van der Waals surface area contributed by atoms with Gasteiger partial charge in [0.25, 0.3) is 5.91 Å². The van der Waals surface area contributed by atoms with Gasteiger partial charge in [0.15, 0.2) is 6.61 Å². The summed E-state index contributed by atoms with van der Waals surface area (Å²) in [4.78, 5) is 24.2. The van der Waals surface area contributed by atoms with Gasteiger partial charge in [0.1, 0.15) is 5.82 Å². The number of piperidine rings is 1. The van der Waals surface area contributed by atoms with E-state index in [1.54, 1.807) is 4.90 Å². The van der Waals surface area contributed by atoms with Gasteiger partial charge in [-0.25, -0.2) is 4.39 Å². The zero-order valence-corrected chi connectivity index (χ0v) is 12.5. The molecule has 1 unspecified atom stereocenters. The van der Waals surface area contributed by atoms with Crippen LogP contribution in [0.5, 0.6) is 5.75 Å². The van der Waals surface area contributed by atoms with Gasteiger partial charge in [-0.05, 0) is 31.7 Å². The molecule has 0 saturated carbocycles. The maximum absolute atomic E-state index is 13.2. The van der Waals surface area contributed by atoms with Crippen LogP contribution in [0.2, 0.25) is 0 Å².